The number of hydrogen-bond acceptors (Lipinski definition) is 2. The molecule has 2 heterocycles. The van der Waals surface area contributed by atoms with Crippen LogP contribution in [-0.2, 0) is 27.1 Å². The maximum Gasteiger partial charge on any atom is 0.252 e. The Morgan fingerprint density at radius 3 is 1.55 bits per heavy atom. The molecule has 0 saturated carbocycles. The van der Waals surface area contributed by atoms with Crippen molar-refractivity contribution in [2.75, 3.05) is 9.80 Å². The number of benzene rings is 7. The van der Waals surface area contributed by atoms with Crippen LogP contribution in [0, 0.1) is 6.92 Å². The van der Waals surface area contributed by atoms with Crippen molar-refractivity contribution in [1.29, 1.82) is 0 Å². The van der Waals surface area contributed by atoms with E-state index < -0.39 is 0 Å². The minimum absolute atomic E-state index is 0.0340. The molecule has 3 heteroatoms. The maximum atomic E-state index is 2.73. The second-order valence-electron chi connectivity index (χ2n) is 23.7. The number of nitrogens with zero attached hydrogens (tertiary/aromatic N) is 2. The summed E-state index contributed by atoms with van der Waals surface area (Å²) in [5.41, 5.74) is 25.6. The van der Waals surface area contributed by atoms with E-state index in [1.165, 1.54) is 119 Å². The molecule has 0 bridgehead atoms. The minimum Gasteiger partial charge on any atom is -0.311 e. The van der Waals surface area contributed by atoms with Gasteiger partial charge in [-0.1, -0.05) is 173 Å². The minimum atomic E-state index is -0.114. The lowest BCUT2D eigenvalue weighted by Gasteiger charge is -2.47. The average Bonchev–Trinajstić information content (AvgIpc) is 3.46. The summed E-state index contributed by atoms with van der Waals surface area (Å²) in [6, 6.07) is 54.0. The van der Waals surface area contributed by atoms with Crippen LogP contribution in [0.1, 0.15) is 129 Å². The molecule has 0 N–H and O–H groups in total. The van der Waals surface area contributed by atoms with Crippen LogP contribution < -0.4 is 26.2 Å². The standard InChI is InChI=1S/C62H65BN2/c1-39-30-46-48(60(7,8)29-28-59(46,5)6)36-52(39)65-54-37-49-47(61(9,10)38-62(49,11)12)35-51(54)63-50-27-26-43(41-22-17-14-18-23-41)32-53(50)64(55-33-44(58(2,3)4)34-56(65)57(55)63)45-25-19-24-42(31-45)40-20-15-13-16-21-40/h13-27,30-37H,28-29,38H2,1-12H3. The summed E-state index contributed by atoms with van der Waals surface area (Å²) < 4.78 is 0. The molecule has 11 rings (SSSR count). The third-order valence-corrected chi connectivity index (χ3v) is 16.1. The highest BCUT2D eigenvalue weighted by Gasteiger charge is 2.49. The number of anilines is 6. The summed E-state index contributed by atoms with van der Waals surface area (Å²) in [6.45, 7) is 29.3. The van der Waals surface area contributed by atoms with Crippen LogP contribution in [0.15, 0.2) is 140 Å². The van der Waals surface area contributed by atoms with Crippen molar-refractivity contribution >= 4 is 57.2 Å². The predicted octanol–water partition coefficient (Wildman–Crippen LogP) is 15.0. The van der Waals surface area contributed by atoms with E-state index >= 15 is 0 Å². The van der Waals surface area contributed by atoms with Gasteiger partial charge in [-0.2, -0.15) is 0 Å². The van der Waals surface area contributed by atoms with Crippen molar-refractivity contribution in [3.05, 3.63) is 173 Å². The van der Waals surface area contributed by atoms with Gasteiger partial charge in [-0.25, -0.2) is 0 Å². The van der Waals surface area contributed by atoms with E-state index in [4.69, 9.17) is 0 Å². The smallest absolute Gasteiger partial charge is 0.252 e. The van der Waals surface area contributed by atoms with Crippen molar-refractivity contribution in [3.63, 3.8) is 0 Å². The predicted molar refractivity (Wildman–Crippen MR) is 281 cm³/mol. The Morgan fingerprint density at radius 1 is 0.431 bits per heavy atom. The fraction of sp³-hybridized carbons (Fsp3) is 0.323. The SMILES string of the molecule is Cc1cc2c(cc1N1c3cc4c(cc3B3c5ccc(-c6ccccc6)cc5N(c5cccc(-c6ccccc6)c5)c5cc(C(C)(C)C)cc1c53)C(C)(C)CC4(C)C)C(C)(C)CCC2(C)C. The number of fused-ring (bicyclic) bond motifs is 6. The summed E-state index contributed by atoms with van der Waals surface area (Å²) in [7, 11) is 0. The maximum absolute atomic E-state index is 2.73. The highest BCUT2D eigenvalue weighted by Crippen LogP contribution is 2.55. The summed E-state index contributed by atoms with van der Waals surface area (Å²) in [6.07, 6.45) is 3.50. The monoisotopic (exact) mass is 849 g/mol. The Morgan fingerprint density at radius 2 is 0.938 bits per heavy atom. The van der Waals surface area contributed by atoms with Gasteiger partial charge in [0.1, 0.15) is 0 Å². The Kier molecular flexibility index (Phi) is 9.09. The van der Waals surface area contributed by atoms with Crippen molar-refractivity contribution < 1.29 is 0 Å². The molecule has 65 heavy (non-hydrogen) atoms. The van der Waals surface area contributed by atoms with Crippen LogP contribution in [0.5, 0.6) is 0 Å². The lowest BCUT2D eigenvalue weighted by atomic mass is 9.33. The van der Waals surface area contributed by atoms with Crippen molar-refractivity contribution in [2.45, 2.75) is 129 Å². The van der Waals surface area contributed by atoms with Gasteiger partial charge in [0.05, 0.1) is 0 Å². The van der Waals surface area contributed by atoms with Crippen molar-refractivity contribution in [1.82, 2.24) is 0 Å². The molecule has 0 fully saturated rings. The lowest BCUT2D eigenvalue weighted by Crippen LogP contribution is -2.61. The van der Waals surface area contributed by atoms with Crippen molar-refractivity contribution in [2.24, 2.45) is 0 Å². The highest BCUT2D eigenvalue weighted by atomic mass is 15.2. The number of hydrogen-bond donors (Lipinski definition) is 0. The van der Waals surface area contributed by atoms with Gasteiger partial charge in [0.15, 0.2) is 0 Å². The summed E-state index contributed by atoms with van der Waals surface area (Å²) in [5, 5.41) is 0. The van der Waals surface area contributed by atoms with Gasteiger partial charge < -0.3 is 9.80 Å². The second-order valence-corrected chi connectivity index (χ2v) is 23.7. The molecule has 0 spiro atoms. The van der Waals surface area contributed by atoms with Crippen LogP contribution in [0.25, 0.3) is 22.3 Å². The van der Waals surface area contributed by atoms with E-state index in [1.807, 2.05) is 0 Å². The average molecular weight is 849 g/mol. The van der Waals surface area contributed by atoms with Gasteiger partial charge in [0.25, 0.3) is 6.71 Å². The highest BCUT2D eigenvalue weighted by molar-refractivity contribution is 7.00. The number of aryl methyl sites for hydroxylation is 1. The van der Waals surface area contributed by atoms with E-state index in [2.05, 4.69) is 232 Å². The van der Waals surface area contributed by atoms with Gasteiger partial charge in [-0.15, -0.1) is 0 Å². The normalized spacial score (nSPS) is 18.1. The fourth-order valence-corrected chi connectivity index (χ4v) is 12.6. The summed E-state index contributed by atoms with van der Waals surface area (Å²) in [5.74, 6) is 0. The quantitative estimate of drug-likeness (QED) is 0.163. The first-order valence-corrected chi connectivity index (χ1v) is 24.2. The molecule has 4 aliphatic rings. The Labute approximate surface area is 389 Å². The molecular formula is C62H65BN2. The van der Waals surface area contributed by atoms with E-state index in [0.29, 0.717) is 0 Å². The molecule has 2 aliphatic carbocycles. The zero-order chi connectivity index (χ0) is 45.6. The van der Waals surface area contributed by atoms with Gasteiger partial charge >= 0.3 is 0 Å². The second kappa shape index (κ2) is 14.1. The Balaban J connectivity index is 1.27. The molecule has 0 unspecified atom stereocenters. The topological polar surface area (TPSA) is 6.48 Å². The molecule has 2 aliphatic heterocycles. The van der Waals surface area contributed by atoms with Crippen LogP contribution in [-0.4, -0.2) is 6.71 Å². The van der Waals surface area contributed by atoms with Gasteiger partial charge in [0.2, 0.25) is 0 Å². The first kappa shape index (κ1) is 41.9. The first-order chi connectivity index (χ1) is 30.7. The summed E-state index contributed by atoms with van der Waals surface area (Å²) >= 11 is 0. The molecular weight excluding hydrogens is 784 g/mol. The molecule has 0 aromatic heterocycles. The largest absolute Gasteiger partial charge is 0.311 e. The molecule has 0 amide bonds. The van der Waals surface area contributed by atoms with E-state index in [1.54, 1.807) is 0 Å². The molecule has 326 valence electrons. The lowest BCUT2D eigenvalue weighted by molar-refractivity contribution is 0.332. The number of rotatable bonds is 4. The summed E-state index contributed by atoms with van der Waals surface area (Å²) in [4.78, 5) is 5.35. The molecule has 0 atom stereocenters. The van der Waals surface area contributed by atoms with Crippen LogP contribution >= 0.6 is 0 Å². The van der Waals surface area contributed by atoms with Crippen molar-refractivity contribution in [3.8, 4) is 22.3 Å². The van der Waals surface area contributed by atoms with Crippen LogP contribution in [0.2, 0.25) is 0 Å². The van der Waals surface area contributed by atoms with Gasteiger partial charge in [0, 0.05) is 34.1 Å². The molecule has 0 radical (unpaired) electrons. The third-order valence-electron chi connectivity index (χ3n) is 16.1. The first-order valence-electron chi connectivity index (χ1n) is 24.2. The van der Waals surface area contributed by atoms with E-state index in [0.717, 1.165) is 6.42 Å². The van der Waals surface area contributed by atoms with E-state index in [-0.39, 0.29) is 33.8 Å². The fourth-order valence-electron chi connectivity index (χ4n) is 12.6. The zero-order valence-corrected chi connectivity index (χ0v) is 40.9. The molecule has 2 nitrogen and oxygen atoms in total. The van der Waals surface area contributed by atoms with Gasteiger partial charge in [-0.05, 0) is 168 Å². The molecule has 0 saturated heterocycles. The van der Waals surface area contributed by atoms with E-state index in [9.17, 15) is 0 Å². The van der Waals surface area contributed by atoms with Crippen LogP contribution in [0.3, 0.4) is 0 Å². The molecule has 7 aromatic carbocycles. The zero-order valence-electron chi connectivity index (χ0n) is 40.9. The van der Waals surface area contributed by atoms with Crippen LogP contribution in [0.4, 0.5) is 34.1 Å². The van der Waals surface area contributed by atoms with Gasteiger partial charge in [-0.3, -0.25) is 0 Å². The Bertz CT molecular complexity index is 3070. The third kappa shape index (κ3) is 6.50. The molecule has 7 aromatic rings. The Hall–Kier alpha value is -5.80.